The maximum absolute atomic E-state index is 13.8. The number of ether oxygens (including phenoxy) is 1. The van der Waals surface area contributed by atoms with E-state index in [0.29, 0.717) is 5.69 Å². The molecule has 3 aromatic carbocycles. The summed E-state index contributed by atoms with van der Waals surface area (Å²) < 4.78 is 34.2. The van der Waals surface area contributed by atoms with Crippen LogP contribution in [-0.2, 0) is 27.7 Å². The van der Waals surface area contributed by atoms with Gasteiger partial charge in [-0.15, -0.1) is 0 Å². The van der Waals surface area contributed by atoms with Gasteiger partial charge >= 0.3 is 0 Å². The Balaban J connectivity index is 2.04. The normalized spacial score (nSPS) is 11.2. The first-order valence-corrected chi connectivity index (χ1v) is 12.8. The maximum Gasteiger partial charge on any atom is 0.268 e. The largest absolute Gasteiger partial charge is 0.495 e. The van der Waals surface area contributed by atoms with Crippen LogP contribution >= 0.6 is 0 Å². The second-order valence-corrected chi connectivity index (χ2v) is 10.0. The maximum atomic E-state index is 13.8. The summed E-state index contributed by atoms with van der Waals surface area (Å²) in [7, 11) is -2.67. The third kappa shape index (κ3) is 5.42. The first-order valence-electron chi connectivity index (χ1n) is 11.4. The predicted octanol–water partition coefficient (Wildman–Crippen LogP) is 5.27. The number of methoxy groups -OCH3 is 1. The Bertz CT molecular complexity index is 1250. The van der Waals surface area contributed by atoms with Crippen molar-refractivity contribution < 1.29 is 17.9 Å². The number of anilines is 2. The molecule has 0 spiro atoms. The minimum atomic E-state index is -4.10. The van der Waals surface area contributed by atoms with Crippen LogP contribution in [0.5, 0.6) is 5.75 Å². The summed E-state index contributed by atoms with van der Waals surface area (Å²) in [5.41, 5.74) is 4.95. The molecule has 0 aliphatic rings. The van der Waals surface area contributed by atoms with Crippen molar-refractivity contribution in [2.45, 2.75) is 45.4 Å². The summed E-state index contributed by atoms with van der Waals surface area (Å²) in [5.74, 6) is -0.181. The van der Waals surface area contributed by atoms with E-state index in [2.05, 4.69) is 5.32 Å². The quantitative estimate of drug-likeness (QED) is 0.453. The number of carbonyl (C=O) groups is 1. The van der Waals surface area contributed by atoms with Gasteiger partial charge in [-0.2, -0.15) is 0 Å². The number of benzene rings is 3. The Morgan fingerprint density at radius 1 is 0.912 bits per heavy atom. The van der Waals surface area contributed by atoms with E-state index in [1.807, 2.05) is 58.0 Å². The second kappa shape index (κ2) is 10.7. The molecule has 34 heavy (non-hydrogen) atoms. The molecule has 0 radical (unpaired) electrons. The van der Waals surface area contributed by atoms with Gasteiger partial charge in [-0.25, -0.2) is 8.42 Å². The lowest BCUT2D eigenvalue weighted by Crippen LogP contribution is -2.38. The molecule has 3 rings (SSSR count). The highest BCUT2D eigenvalue weighted by Crippen LogP contribution is 2.31. The average molecular weight is 481 g/mol. The SMILES string of the molecule is CCc1cccc(CC)c1NC(=O)CN(c1ccc(C)cc1)S(=O)(=O)c1cc(C)ccc1OC. The number of sulfonamides is 1. The highest BCUT2D eigenvalue weighted by Gasteiger charge is 2.30. The molecule has 0 aliphatic carbocycles. The minimum Gasteiger partial charge on any atom is -0.495 e. The van der Waals surface area contributed by atoms with Gasteiger partial charge in [0.05, 0.1) is 12.8 Å². The van der Waals surface area contributed by atoms with E-state index in [-0.39, 0.29) is 17.2 Å². The van der Waals surface area contributed by atoms with Gasteiger partial charge < -0.3 is 10.1 Å². The molecule has 6 nitrogen and oxygen atoms in total. The number of hydrogen-bond donors (Lipinski definition) is 1. The minimum absolute atomic E-state index is 0.0200. The number of carbonyl (C=O) groups excluding carboxylic acids is 1. The van der Waals surface area contributed by atoms with Crippen LogP contribution in [-0.4, -0.2) is 28.0 Å². The van der Waals surface area contributed by atoms with Crippen molar-refractivity contribution in [3.05, 3.63) is 82.9 Å². The second-order valence-electron chi connectivity index (χ2n) is 8.21. The van der Waals surface area contributed by atoms with Gasteiger partial charge in [0.1, 0.15) is 17.2 Å². The molecule has 0 unspecified atom stereocenters. The highest BCUT2D eigenvalue weighted by molar-refractivity contribution is 7.93. The molecular formula is C27H32N2O4S. The third-order valence-electron chi connectivity index (χ3n) is 5.76. The van der Waals surface area contributed by atoms with Crippen molar-refractivity contribution in [1.82, 2.24) is 0 Å². The Morgan fingerprint density at radius 3 is 2.06 bits per heavy atom. The fourth-order valence-electron chi connectivity index (χ4n) is 3.84. The summed E-state index contributed by atoms with van der Waals surface area (Å²) in [6.07, 6.45) is 1.51. The van der Waals surface area contributed by atoms with Gasteiger partial charge in [0.25, 0.3) is 10.0 Å². The number of nitrogens with zero attached hydrogens (tertiary/aromatic N) is 1. The van der Waals surface area contributed by atoms with Crippen molar-refractivity contribution in [2.24, 2.45) is 0 Å². The van der Waals surface area contributed by atoms with E-state index in [9.17, 15) is 13.2 Å². The van der Waals surface area contributed by atoms with Gasteiger partial charge in [-0.1, -0.05) is 55.8 Å². The van der Waals surface area contributed by atoms with E-state index >= 15 is 0 Å². The molecule has 0 aliphatic heterocycles. The Hall–Kier alpha value is -3.32. The summed E-state index contributed by atoms with van der Waals surface area (Å²) >= 11 is 0. The Morgan fingerprint density at radius 2 is 1.50 bits per heavy atom. The van der Waals surface area contributed by atoms with Gasteiger partial charge in [-0.3, -0.25) is 9.10 Å². The summed E-state index contributed by atoms with van der Waals surface area (Å²) in [6.45, 7) is 7.42. The smallest absolute Gasteiger partial charge is 0.268 e. The number of aryl methyl sites for hydroxylation is 4. The molecule has 7 heteroatoms. The van der Waals surface area contributed by atoms with Crippen LogP contribution in [0.25, 0.3) is 0 Å². The molecule has 0 heterocycles. The molecule has 180 valence electrons. The lowest BCUT2D eigenvalue weighted by Gasteiger charge is -2.26. The molecule has 3 aromatic rings. The average Bonchev–Trinajstić information content (AvgIpc) is 2.83. The highest BCUT2D eigenvalue weighted by atomic mass is 32.2. The van der Waals surface area contributed by atoms with E-state index in [1.54, 1.807) is 30.3 Å². The summed E-state index contributed by atoms with van der Waals surface area (Å²) in [6, 6.07) is 18.0. The van der Waals surface area contributed by atoms with Gasteiger partial charge in [0.2, 0.25) is 5.91 Å². The summed E-state index contributed by atoms with van der Waals surface area (Å²) in [5, 5.41) is 2.98. The predicted molar refractivity (Wildman–Crippen MR) is 137 cm³/mol. The number of hydrogen-bond acceptors (Lipinski definition) is 4. The van der Waals surface area contributed by atoms with Crippen LogP contribution in [0, 0.1) is 13.8 Å². The molecule has 0 saturated carbocycles. The van der Waals surface area contributed by atoms with E-state index in [1.165, 1.54) is 7.11 Å². The Kier molecular flexibility index (Phi) is 7.99. The standard InChI is InChI=1S/C27H32N2O4S/c1-6-21-9-8-10-22(7-2)27(21)28-26(30)18-29(23-14-11-19(3)12-15-23)34(31,32)25-17-20(4)13-16-24(25)33-5/h8-17H,6-7,18H2,1-5H3,(H,28,30). The van der Waals surface area contributed by atoms with Gasteiger partial charge in [0.15, 0.2) is 0 Å². The molecule has 1 N–H and O–H groups in total. The zero-order valence-corrected chi connectivity index (χ0v) is 21.2. The van der Waals surface area contributed by atoms with Crippen LogP contribution in [0.4, 0.5) is 11.4 Å². The van der Waals surface area contributed by atoms with E-state index in [4.69, 9.17) is 4.74 Å². The van der Waals surface area contributed by atoms with Crippen LogP contribution in [0.15, 0.2) is 65.6 Å². The molecule has 0 fully saturated rings. The molecule has 0 saturated heterocycles. The lowest BCUT2D eigenvalue weighted by molar-refractivity contribution is -0.114. The van der Waals surface area contributed by atoms with Crippen molar-refractivity contribution in [2.75, 3.05) is 23.3 Å². The van der Waals surface area contributed by atoms with Crippen LogP contribution in [0.3, 0.4) is 0 Å². The zero-order valence-electron chi connectivity index (χ0n) is 20.4. The number of amides is 1. The van der Waals surface area contributed by atoms with Crippen molar-refractivity contribution >= 4 is 27.3 Å². The lowest BCUT2D eigenvalue weighted by atomic mass is 10.0. The van der Waals surface area contributed by atoms with Gasteiger partial charge in [-0.05, 0) is 67.6 Å². The topological polar surface area (TPSA) is 75.7 Å². The van der Waals surface area contributed by atoms with Crippen molar-refractivity contribution in [1.29, 1.82) is 0 Å². The molecule has 0 bridgehead atoms. The van der Waals surface area contributed by atoms with Crippen molar-refractivity contribution in [3.63, 3.8) is 0 Å². The Labute approximate surface area is 202 Å². The molecule has 0 aromatic heterocycles. The summed E-state index contributed by atoms with van der Waals surface area (Å²) in [4.78, 5) is 13.3. The zero-order chi connectivity index (χ0) is 24.9. The van der Waals surface area contributed by atoms with Crippen LogP contribution < -0.4 is 14.4 Å². The number of rotatable bonds is 9. The first-order chi connectivity index (χ1) is 16.2. The molecular weight excluding hydrogens is 448 g/mol. The van der Waals surface area contributed by atoms with Crippen molar-refractivity contribution in [3.8, 4) is 5.75 Å². The van der Waals surface area contributed by atoms with E-state index < -0.39 is 15.9 Å². The third-order valence-corrected chi connectivity index (χ3v) is 7.55. The molecule has 0 atom stereocenters. The fourth-order valence-corrected chi connectivity index (χ4v) is 5.51. The first kappa shape index (κ1) is 25.3. The van der Waals surface area contributed by atoms with Crippen LogP contribution in [0.1, 0.15) is 36.1 Å². The number of nitrogens with one attached hydrogen (secondary N) is 1. The monoisotopic (exact) mass is 480 g/mol. The molecule has 1 amide bonds. The van der Waals surface area contributed by atoms with Crippen LogP contribution in [0.2, 0.25) is 0 Å². The number of para-hydroxylation sites is 1. The fraction of sp³-hybridized carbons (Fsp3) is 0.296. The van der Waals surface area contributed by atoms with Gasteiger partial charge in [0, 0.05) is 5.69 Å². The van der Waals surface area contributed by atoms with E-state index in [0.717, 1.165) is 45.1 Å².